The average molecular weight is 254 g/mol. The number of hydrogen-bond acceptors (Lipinski definition) is 5. The molecule has 0 saturated heterocycles. The third kappa shape index (κ3) is 3.45. The van der Waals surface area contributed by atoms with Crippen molar-refractivity contribution in [2.45, 2.75) is 5.75 Å². The Hall–Kier alpha value is -2.09. The van der Waals surface area contributed by atoms with Gasteiger partial charge in [-0.1, -0.05) is 17.8 Å². The van der Waals surface area contributed by atoms with Crippen molar-refractivity contribution in [3.05, 3.63) is 39.4 Å². The molecule has 0 aromatic heterocycles. The second-order valence-electron chi connectivity index (χ2n) is 3.12. The maximum atomic E-state index is 10.9. The molecule has 1 amide bonds. The molecule has 0 bridgehead atoms. The summed E-state index contributed by atoms with van der Waals surface area (Å²) in [6, 6.07) is 3.97. The van der Waals surface area contributed by atoms with Crippen LogP contribution in [0, 0.1) is 15.5 Å². The van der Waals surface area contributed by atoms with Gasteiger partial charge in [-0.15, -0.1) is 0 Å². The van der Waals surface area contributed by atoms with Crippen molar-refractivity contribution >= 4 is 28.5 Å². The van der Waals surface area contributed by atoms with Gasteiger partial charge in [0.15, 0.2) is 5.17 Å². The number of primary amides is 1. The van der Waals surface area contributed by atoms with E-state index >= 15 is 0 Å². The molecule has 0 aliphatic carbocycles. The molecular weight excluding hydrogens is 244 g/mol. The molecular formula is C9H10N4O3S. The van der Waals surface area contributed by atoms with E-state index in [4.69, 9.17) is 16.9 Å². The zero-order valence-electron chi connectivity index (χ0n) is 8.67. The van der Waals surface area contributed by atoms with Gasteiger partial charge in [-0.05, 0) is 6.07 Å². The molecule has 0 fully saturated rings. The number of nitro groups is 1. The molecule has 0 spiro atoms. The van der Waals surface area contributed by atoms with Crippen molar-refractivity contribution in [2.24, 2.45) is 11.5 Å². The fourth-order valence-corrected chi connectivity index (χ4v) is 1.72. The Kier molecular flexibility index (Phi) is 4.05. The molecule has 5 N–H and O–H groups in total. The summed E-state index contributed by atoms with van der Waals surface area (Å²) in [6.45, 7) is 0. The number of rotatable bonds is 4. The molecule has 1 rings (SSSR count). The molecule has 17 heavy (non-hydrogen) atoms. The van der Waals surface area contributed by atoms with Crippen LogP contribution in [0.5, 0.6) is 0 Å². The average Bonchev–Trinajstić information content (AvgIpc) is 2.25. The number of nitrogens with zero attached hydrogens (tertiary/aromatic N) is 1. The molecule has 0 saturated carbocycles. The number of nitro benzene ring substituents is 1. The molecule has 0 unspecified atom stereocenters. The number of amidine groups is 1. The van der Waals surface area contributed by atoms with Gasteiger partial charge >= 0.3 is 0 Å². The second kappa shape index (κ2) is 5.30. The summed E-state index contributed by atoms with van der Waals surface area (Å²) < 4.78 is 0. The normalized spacial score (nSPS) is 9.88. The summed E-state index contributed by atoms with van der Waals surface area (Å²) in [5.74, 6) is -0.524. The number of amides is 1. The highest BCUT2D eigenvalue weighted by molar-refractivity contribution is 8.13. The van der Waals surface area contributed by atoms with Crippen LogP contribution in [-0.2, 0) is 5.75 Å². The topological polar surface area (TPSA) is 136 Å². The van der Waals surface area contributed by atoms with Crippen LogP contribution >= 0.6 is 11.8 Å². The molecule has 0 aliphatic heterocycles. The summed E-state index contributed by atoms with van der Waals surface area (Å²) in [7, 11) is 0. The number of carbonyl (C=O) groups excluding carboxylic acids is 1. The highest BCUT2D eigenvalue weighted by atomic mass is 32.2. The van der Waals surface area contributed by atoms with Gasteiger partial charge in [-0.25, -0.2) is 0 Å². The van der Waals surface area contributed by atoms with Gasteiger partial charge in [-0.2, -0.15) is 0 Å². The summed E-state index contributed by atoms with van der Waals surface area (Å²) in [4.78, 5) is 21.1. The first-order valence-electron chi connectivity index (χ1n) is 4.45. The van der Waals surface area contributed by atoms with Crippen molar-refractivity contribution in [3.63, 3.8) is 0 Å². The van der Waals surface area contributed by atoms with Crippen molar-refractivity contribution in [1.29, 1.82) is 5.41 Å². The lowest BCUT2D eigenvalue weighted by atomic mass is 10.1. The van der Waals surface area contributed by atoms with Crippen LogP contribution in [0.4, 0.5) is 5.69 Å². The van der Waals surface area contributed by atoms with Gasteiger partial charge in [0.1, 0.15) is 0 Å². The molecule has 0 heterocycles. The first-order valence-corrected chi connectivity index (χ1v) is 5.44. The van der Waals surface area contributed by atoms with E-state index in [1.807, 2.05) is 0 Å². The van der Waals surface area contributed by atoms with Crippen LogP contribution in [0.1, 0.15) is 15.9 Å². The lowest BCUT2D eigenvalue weighted by molar-refractivity contribution is -0.385. The lowest BCUT2D eigenvalue weighted by Crippen LogP contribution is -2.11. The summed E-state index contributed by atoms with van der Waals surface area (Å²) in [5, 5.41) is 17.7. The second-order valence-corrected chi connectivity index (χ2v) is 4.13. The number of benzene rings is 1. The molecule has 0 radical (unpaired) electrons. The number of nitrogens with two attached hydrogens (primary N) is 2. The monoisotopic (exact) mass is 254 g/mol. The van der Waals surface area contributed by atoms with Crippen molar-refractivity contribution < 1.29 is 9.72 Å². The SMILES string of the molecule is N=C(N)SCc1ccc(C(N)=O)cc1[N+](=O)[O-]. The van der Waals surface area contributed by atoms with E-state index < -0.39 is 10.8 Å². The number of hydrogen-bond donors (Lipinski definition) is 3. The van der Waals surface area contributed by atoms with Gasteiger partial charge in [0.2, 0.25) is 5.91 Å². The first-order chi connectivity index (χ1) is 7.91. The van der Waals surface area contributed by atoms with Crippen molar-refractivity contribution in [3.8, 4) is 0 Å². The van der Waals surface area contributed by atoms with Gasteiger partial charge in [0.25, 0.3) is 5.69 Å². The molecule has 1 aromatic rings. The maximum absolute atomic E-state index is 10.9. The molecule has 8 heteroatoms. The Balaban J connectivity index is 3.08. The Morgan fingerprint density at radius 3 is 2.59 bits per heavy atom. The minimum absolute atomic E-state index is 0.0771. The minimum Gasteiger partial charge on any atom is -0.379 e. The van der Waals surface area contributed by atoms with Crippen LogP contribution in [0.3, 0.4) is 0 Å². The summed E-state index contributed by atoms with van der Waals surface area (Å²) in [6.07, 6.45) is 0. The highest BCUT2D eigenvalue weighted by Gasteiger charge is 2.16. The van der Waals surface area contributed by atoms with E-state index in [0.29, 0.717) is 5.56 Å². The standard InChI is InChI=1S/C9H10N4O3S/c10-8(14)5-1-2-6(4-17-9(11)12)7(3-5)13(15)16/h1-3H,4H2,(H2,10,14)(H3,11,12). The maximum Gasteiger partial charge on any atom is 0.274 e. The van der Waals surface area contributed by atoms with Gasteiger partial charge in [0.05, 0.1) is 4.92 Å². The van der Waals surface area contributed by atoms with Crippen LogP contribution in [-0.4, -0.2) is 16.0 Å². The van der Waals surface area contributed by atoms with E-state index in [1.165, 1.54) is 12.1 Å². The molecule has 0 aliphatic rings. The van der Waals surface area contributed by atoms with E-state index in [2.05, 4.69) is 0 Å². The third-order valence-corrected chi connectivity index (χ3v) is 2.72. The molecule has 90 valence electrons. The highest BCUT2D eigenvalue weighted by Crippen LogP contribution is 2.24. The minimum atomic E-state index is -0.723. The van der Waals surface area contributed by atoms with Gasteiger partial charge in [-0.3, -0.25) is 20.3 Å². The van der Waals surface area contributed by atoms with E-state index in [0.717, 1.165) is 17.8 Å². The largest absolute Gasteiger partial charge is 0.379 e. The number of nitrogens with one attached hydrogen (secondary N) is 1. The third-order valence-electron chi connectivity index (χ3n) is 1.95. The first kappa shape index (κ1) is 13.0. The molecule has 1 aromatic carbocycles. The van der Waals surface area contributed by atoms with Crippen LogP contribution < -0.4 is 11.5 Å². The van der Waals surface area contributed by atoms with Crippen molar-refractivity contribution in [1.82, 2.24) is 0 Å². The van der Waals surface area contributed by atoms with Gasteiger partial charge in [0, 0.05) is 22.9 Å². The summed E-state index contributed by atoms with van der Waals surface area (Å²) in [5.41, 5.74) is 10.4. The Morgan fingerprint density at radius 1 is 1.47 bits per heavy atom. The Labute approximate surface area is 101 Å². The zero-order chi connectivity index (χ0) is 13.0. The molecule has 0 atom stereocenters. The van der Waals surface area contributed by atoms with Crippen LogP contribution in [0.15, 0.2) is 18.2 Å². The quantitative estimate of drug-likeness (QED) is 0.316. The van der Waals surface area contributed by atoms with Gasteiger partial charge < -0.3 is 11.5 Å². The number of carbonyl (C=O) groups is 1. The van der Waals surface area contributed by atoms with Crippen LogP contribution in [0.2, 0.25) is 0 Å². The fourth-order valence-electron chi connectivity index (χ4n) is 1.16. The van der Waals surface area contributed by atoms with Crippen LogP contribution in [0.25, 0.3) is 0 Å². The number of thioether (sulfide) groups is 1. The predicted octanol–water partition coefficient (Wildman–Crippen LogP) is 0.820. The van der Waals surface area contributed by atoms with E-state index in [1.54, 1.807) is 0 Å². The Morgan fingerprint density at radius 2 is 2.12 bits per heavy atom. The van der Waals surface area contributed by atoms with E-state index in [9.17, 15) is 14.9 Å². The molecule has 7 nitrogen and oxygen atoms in total. The van der Waals surface area contributed by atoms with E-state index in [-0.39, 0.29) is 22.2 Å². The Bertz CT molecular complexity index is 489. The predicted molar refractivity (Wildman–Crippen MR) is 64.8 cm³/mol. The zero-order valence-corrected chi connectivity index (χ0v) is 9.49. The summed E-state index contributed by atoms with van der Waals surface area (Å²) >= 11 is 0.971. The fraction of sp³-hybridized carbons (Fsp3) is 0.111. The smallest absolute Gasteiger partial charge is 0.274 e. The van der Waals surface area contributed by atoms with Crippen molar-refractivity contribution in [2.75, 3.05) is 0 Å². The lowest BCUT2D eigenvalue weighted by Gasteiger charge is -2.03.